The van der Waals surface area contributed by atoms with Crippen molar-refractivity contribution in [3.63, 3.8) is 0 Å². The number of anilines is 1. The van der Waals surface area contributed by atoms with Crippen molar-refractivity contribution in [2.75, 3.05) is 5.73 Å². The number of alkyl halides is 3. The predicted octanol–water partition coefficient (Wildman–Crippen LogP) is 2.41. The van der Waals surface area contributed by atoms with E-state index in [4.69, 9.17) is 16.3 Å². The number of nitrogens with zero attached hydrogens (tertiary/aromatic N) is 2. The Morgan fingerprint density at radius 3 is 2.29 bits per heavy atom. The first kappa shape index (κ1) is 16.8. The zero-order valence-electron chi connectivity index (χ0n) is 11.5. The molecular weight excluding hydrogens is 332 g/mol. The van der Waals surface area contributed by atoms with Gasteiger partial charge in [0.25, 0.3) is 5.56 Å². The first-order valence-corrected chi connectivity index (χ1v) is 6.10. The van der Waals surface area contributed by atoms with Crippen LogP contribution in [0.15, 0.2) is 23.0 Å². The molecule has 0 saturated heterocycles. The van der Waals surface area contributed by atoms with Crippen LogP contribution in [-0.2, 0) is 0 Å². The minimum absolute atomic E-state index is 0.516. The van der Waals surface area contributed by atoms with Gasteiger partial charge in [-0.05, 0) is 12.1 Å². The number of benzene rings is 1. The first-order chi connectivity index (χ1) is 11.2. The summed E-state index contributed by atoms with van der Waals surface area (Å²) in [7, 11) is 0. The minimum Gasteiger partial charge on any atom is -0.405 e. The van der Waals surface area contributed by atoms with Gasteiger partial charge in [0.1, 0.15) is 40.6 Å². The number of nitrogens with one attached hydrogen (secondary N) is 1. The van der Waals surface area contributed by atoms with Crippen molar-refractivity contribution in [3.05, 3.63) is 45.5 Å². The number of ether oxygens (including phenoxy) is 1. The van der Waals surface area contributed by atoms with Crippen LogP contribution in [0.1, 0.15) is 11.1 Å². The number of hydrogen-bond donors (Lipinski definition) is 2. The maximum absolute atomic E-state index is 14.2. The maximum atomic E-state index is 14.2. The van der Waals surface area contributed by atoms with Gasteiger partial charge in [-0.15, -0.1) is 13.2 Å². The smallest absolute Gasteiger partial charge is 0.405 e. The number of aromatic amines is 1. The van der Waals surface area contributed by atoms with E-state index < -0.39 is 51.6 Å². The number of H-pyrrole nitrogens is 1. The van der Waals surface area contributed by atoms with Gasteiger partial charge < -0.3 is 15.5 Å². The van der Waals surface area contributed by atoms with Gasteiger partial charge in [0.05, 0.1) is 5.56 Å². The fourth-order valence-corrected chi connectivity index (χ4v) is 2.05. The van der Waals surface area contributed by atoms with Crippen LogP contribution in [0.3, 0.4) is 0 Å². The highest BCUT2D eigenvalue weighted by atomic mass is 19.4. The van der Waals surface area contributed by atoms with Crippen LogP contribution in [-0.4, -0.2) is 11.3 Å². The molecule has 0 unspecified atom stereocenters. The SMILES string of the molecule is N#Cc1c(N)[nH]c(=O)c(C#N)c1-c1c(F)cccc1OC(F)(F)F. The van der Waals surface area contributed by atoms with Gasteiger partial charge in [-0.3, -0.25) is 4.79 Å². The Kier molecular flexibility index (Phi) is 4.16. The van der Waals surface area contributed by atoms with E-state index in [1.807, 2.05) is 4.98 Å². The number of nitriles is 2. The van der Waals surface area contributed by atoms with Gasteiger partial charge in [-0.1, -0.05) is 6.07 Å². The summed E-state index contributed by atoms with van der Waals surface area (Å²) in [5, 5.41) is 18.2. The summed E-state index contributed by atoms with van der Waals surface area (Å²) >= 11 is 0. The second-order valence-corrected chi connectivity index (χ2v) is 4.38. The van der Waals surface area contributed by atoms with E-state index in [9.17, 15) is 22.4 Å². The molecule has 0 aliphatic heterocycles. The Morgan fingerprint density at radius 1 is 1.12 bits per heavy atom. The Labute approximate surface area is 131 Å². The highest BCUT2D eigenvalue weighted by Crippen LogP contribution is 2.39. The fourth-order valence-electron chi connectivity index (χ4n) is 2.05. The maximum Gasteiger partial charge on any atom is 0.573 e. The summed E-state index contributed by atoms with van der Waals surface area (Å²) < 4.78 is 55.5. The molecule has 10 heteroatoms. The lowest BCUT2D eigenvalue weighted by Gasteiger charge is -2.16. The molecule has 24 heavy (non-hydrogen) atoms. The Balaban J connectivity index is 2.96. The average molecular weight is 338 g/mol. The zero-order chi connectivity index (χ0) is 18.1. The molecule has 0 atom stereocenters. The molecule has 0 aliphatic carbocycles. The molecule has 2 rings (SSSR count). The van der Waals surface area contributed by atoms with Gasteiger partial charge in [-0.2, -0.15) is 10.5 Å². The summed E-state index contributed by atoms with van der Waals surface area (Å²) in [6.07, 6.45) is -5.16. The van der Waals surface area contributed by atoms with Crippen LogP contribution >= 0.6 is 0 Å². The van der Waals surface area contributed by atoms with Crippen LogP contribution in [0, 0.1) is 28.5 Å². The van der Waals surface area contributed by atoms with Crippen LogP contribution in [0.4, 0.5) is 23.4 Å². The van der Waals surface area contributed by atoms with E-state index in [-0.39, 0.29) is 0 Å². The molecule has 1 aromatic heterocycles. The molecule has 3 N–H and O–H groups in total. The lowest BCUT2D eigenvalue weighted by molar-refractivity contribution is -0.274. The predicted molar refractivity (Wildman–Crippen MR) is 73.0 cm³/mol. The van der Waals surface area contributed by atoms with Crippen molar-refractivity contribution in [2.45, 2.75) is 6.36 Å². The Bertz CT molecular complexity index is 951. The number of nitrogens with two attached hydrogens (primary N) is 1. The molecular formula is C14H6F4N4O2. The van der Waals surface area contributed by atoms with Crippen LogP contribution in [0.5, 0.6) is 5.75 Å². The highest BCUT2D eigenvalue weighted by Gasteiger charge is 2.34. The third kappa shape index (κ3) is 2.98. The van der Waals surface area contributed by atoms with Crippen LogP contribution < -0.4 is 16.0 Å². The Morgan fingerprint density at radius 2 is 1.75 bits per heavy atom. The summed E-state index contributed by atoms with van der Waals surface area (Å²) in [4.78, 5) is 13.8. The Hall–Kier alpha value is -3.53. The molecule has 0 bridgehead atoms. The van der Waals surface area contributed by atoms with Crippen LogP contribution in [0.2, 0.25) is 0 Å². The van der Waals surface area contributed by atoms with Gasteiger partial charge in [0.15, 0.2) is 0 Å². The number of rotatable bonds is 2. The molecule has 122 valence electrons. The normalized spacial score (nSPS) is 10.8. The van der Waals surface area contributed by atoms with E-state index >= 15 is 0 Å². The van der Waals surface area contributed by atoms with Crippen molar-refractivity contribution in [3.8, 4) is 29.0 Å². The van der Waals surface area contributed by atoms with Gasteiger partial charge in [0, 0.05) is 5.56 Å². The number of halogens is 4. The summed E-state index contributed by atoms with van der Waals surface area (Å²) in [5.41, 5.74) is 1.52. The largest absolute Gasteiger partial charge is 0.573 e. The van der Waals surface area contributed by atoms with Gasteiger partial charge in [0.2, 0.25) is 0 Å². The number of hydrogen-bond acceptors (Lipinski definition) is 5. The molecule has 1 aromatic carbocycles. The molecule has 0 spiro atoms. The van der Waals surface area contributed by atoms with Crippen molar-refractivity contribution >= 4 is 5.82 Å². The number of pyridine rings is 1. The molecule has 2 aromatic rings. The average Bonchev–Trinajstić information content (AvgIpc) is 2.45. The zero-order valence-corrected chi connectivity index (χ0v) is 11.5. The lowest BCUT2D eigenvalue weighted by Crippen LogP contribution is -2.20. The van der Waals surface area contributed by atoms with E-state index in [0.29, 0.717) is 0 Å². The quantitative estimate of drug-likeness (QED) is 0.816. The highest BCUT2D eigenvalue weighted by molar-refractivity contribution is 5.83. The van der Waals surface area contributed by atoms with E-state index in [1.54, 1.807) is 0 Å². The molecule has 0 radical (unpaired) electrons. The molecule has 1 heterocycles. The number of nitrogen functional groups attached to an aromatic ring is 1. The monoisotopic (exact) mass is 338 g/mol. The second kappa shape index (κ2) is 5.93. The van der Waals surface area contributed by atoms with Crippen molar-refractivity contribution < 1.29 is 22.3 Å². The standard InChI is InChI=1S/C14H6F4N4O2/c15-8-2-1-3-9(24-14(16,17)18)11(8)10-6(4-19)12(21)22-13(23)7(10)5-20/h1-3H,(H3,21,22,23). The van der Waals surface area contributed by atoms with Crippen molar-refractivity contribution in [2.24, 2.45) is 0 Å². The van der Waals surface area contributed by atoms with Crippen molar-refractivity contribution in [1.29, 1.82) is 10.5 Å². The van der Waals surface area contributed by atoms with Gasteiger partial charge >= 0.3 is 6.36 Å². The topological polar surface area (TPSA) is 116 Å². The van der Waals surface area contributed by atoms with Gasteiger partial charge in [-0.25, -0.2) is 4.39 Å². The van der Waals surface area contributed by atoms with E-state index in [0.717, 1.165) is 18.2 Å². The third-order valence-electron chi connectivity index (χ3n) is 2.92. The van der Waals surface area contributed by atoms with Crippen molar-refractivity contribution in [1.82, 2.24) is 4.98 Å². The molecule has 0 saturated carbocycles. The van der Waals surface area contributed by atoms with E-state index in [2.05, 4.69) is 4.74 Å². The van der Waals surface area contributed by atoms with Crippen LogP contribution in [0.25, 0.3) is 11.1 Å². The first-order valence-electron chi connectivity index (χ1n) is 6.10. The second-order valence-electron chi connectivity index (χ2n) is 4.38. The fraction of sp³-hybridized carbons (Fsp3) is 0.0714. The summed E-state index contributed by atoms with van der Waals surface area (Å²) in [6, 6.07) is 5.47. The minimum atomic E-state index is -5.16. The third-order valence-corrected chi connectivity index (χ3v) is 2.92. The summed E-state index contributed by atoms with van der Waals surface area (Å²) in [5.74, 6) is -2.76. The lowest BCUT2D eigenvalue weighted by atomic mass is 9.95. The molecule has 0 amide bonds. The summed E-state index contributed by atoms with van der Waals surface area (Å²) in [6.45, 7) is 0. The molecule has 6 nitrogen and oxygen atoms in total. The number of aromatic nitrogens is 1. The molecule has 0 aliphatic rings. The molecule has 0 fully saturated rings. The van der Waals surface area contributed by atoms with E-state index in [1.165, 1.54) is 12.1 Å².